The van der Waals surface area contributed by atoms with Crippen LogP contribution in [0.1, 0.15) is 43.5 Å². The van der Waals surface area contributed by atoms with Gasteiger partial charge in [-0.15, -0.1) is 11.3 Å². The topological polar surface area (TPSA) is 45.2 Å². The molecule has 1 aromatic carbocycles. The van der Waals surface area contributed by atoms with Gasteiger partial charge in [-0.3, -0.25) is 4.79 Å². The summed E-state index contributed by atoms with van der Waals surface area (Å²) in [5.41, 5.74) is 2.29. The van der Waals surface area contributed by atoms with Crippen LogP contribution >= 0.6 is 11.3 Å². The average Bonchev–Trinajstić information content (AvgIpc) is 3.15. The molecule has 0 spiro atoms. The van der Waals surface area contributed by atoms with E-state index in [4.69, 9.17) is 0 Å². The van der Waals surface area contributed by atoms with E-state index in [0.29, 0.717) is 13.1 Å². The second kappa shape index (κ2) is 7.03. The van der Waals surface area contributed by atoms with Gasteiger partial charge in [-0.25, -0.2) is 4.98 Å². The molecular formula is C19H25N3OS. The van der Waals surface area contributed by atoms with E-state index in [1.165, 1.54) is 5.56 Å². The molecule has 0 saturated carbocycles. The zero-order valence-corrected chi connectivity index (χ0v) is 15.4. The van der Waals surface area contributed by atoms with Crippen LogP contribution in [-0.4, -0.2) is 28.4 Å². The molecule has 1 atom stereocenters. The number of carbonyl (C=O) groups excluding carboxylic acids is 1. The number of thiazole rings is 1. The Bertz CT molecular complexity index is 690. The first-order chi connectivity index (χ1) is 11.4. The van der Waals surface area contributed by atoms with Crippen molar-refractivity contribution in [3.05, 3.63) is 52.0 Å². The van der Waals surface area contributed by atoms with Crippen LogP contribution in [0.4, 0.5) is 0 Å². The van der Waals surface area contributed by atoms with Crippen molar-refractivity contribution in [1.82, 2.24) is 15.2 Å². The number of nitrogens with zero attached hydrogens (tertiary/aromatic N) is 2. The fraction of sp³-hybridized carbons (Fsp3) is 0.474. The molecule has 128 valence electrons. The van der Waals surface area contributed by atoms with Crippen LogP contribution in [0.15, 0.2) is 35.7 Å². The Kier molecular flexibility index (Phi) is 5.01. The van der Waals surface area contributed by atoms with E-state index in [1.54, 1.807) is 11.3 Å². The minimum atomic E-state index is -0.0894. The highest BCUT2D eigenvalue weighted by Crippen LogP contribution is 2.25. The van der Waals surface area contributed by atoms with E-state index in [1.807, 2.05) is 23.1 Å². The number of hydrogen-bond acceptors (Lipinski definition) is 4. The molecule has 1 amide bonds. The Morgan fingerprint density at radius 3 is 2.71 bits per heavy atom. The zero-order valence-electron chi connectivity index (χ0n) is 14.6. The molecular weight excluding hydrogens is 318 g/mol. The van der Waals surface area contributed by atoms with E-state index in [-0.39, 0.29) is 17.4 Å². The number of benzene rings is 1. The molecule has 1 aliphatic heterocycles. The first-order valence-electron chi connectivity index (χ1n) is 8.44. The molecule has 1 aliphatic rings. The van der Waals surface area contributed by atoms with E-state index >= 15 is 0 Å². The van der Waals surface area contributed by atoms with Crippen molar-refractivity contribution >= 4 is 17.2 Å². The van der Waals surface area contributed by atoms with Crippen molar-refractivity contribution < 1.29 is 4.79 Å². The number of amides is 1. The van der Waals surface area contributed by atoms with Gasteiger partial charge in [-0.05, 0) is 12.0 Å². The van der Waals surface area contributed by atoms with Gasteiger partial charge in [0.15, 0.2) is 0 Å². The number of nitrogens with one attached hydrogen (secondary N) is 1. The van der Waals surface area contributed by atoms with Gasteiger partial charge >= 0.3 is 0 Å². The molecule has 2 heterocycles. The standard InChI is InChI=1S/C19H25N3OS/c1-19(2,3)18-21-15(13-24-18)11-20-16-9-10-22(17(16)23)12-14-7-5-4-6-8-14/h4-8,13,16,20H,9-12H2,1-3H3. The van der Waals surface area contributed by atoms with E-state index < -0.39 is 0 Å². The molecule has 1 unspecified atom stereocenters. The molecule has 0 radical (unpaired) electrons. The third-order valence-electron chi connectivity index (χ3n) is 4.24. The van der Waals surface area contributed by atoms with Crippen molar-refractivity contribution in [2.45, 2.75) is 51.7 Å². The maximum Gasteiger partial charge on any atom is 0.240 e. The van der Waals surface area contributed by atoms with E-state index in [9.17, 15) is 4.79 Å². The lowest BCUT2D eigenvalue weighted by Crippen LogP contribution is -2.37. The van der Waals surface area contributed by atoms with Gasteiger partial charge in [0.25, 0.3) is 0 Å². The quantitative estimate of drug-likeness (QED) is 0.906. The van der Waals surface area contributed by atoms with Gasteiger partial charge < -0.3 is 10.2 Å². The summed E-state index contributed by atoms with van der Waals surface area (Å²) in [5.74, 6) is 0.199. The van der Waals surface area contributed by atoms with Gasteiger partial charge in [0.1, 0.15) is 0 Å². The summed E-state index contributed by atoms with van der Waals surface area (Å²) in [4.78, 5) is 19.2. The Hall–Kier alpha value is -1.72. The van der Waals surface area contributed by atoms with Crippen LogP contribution in [0, 0.1) is 0 Å². The van der Waals surface area contributed by atoms with Crippen molar-refractivity contribution in [3.8, 4) is 0 Å². The first kappa shape index (κ1) is 17.1. The minimum Gasteiger partial charge on any atom is -0.337 e. The molecule has 1 fully saturated rings. The summed E-state index contributed by atoms with van der Waals surface area (Å²) < 4.78 is 0. The van der Waals surface area contributed by atoms with E-state index in [0.717, 1.165) is 23.7 Å². The Labute approximate surface area is 147 Å². The predicted molar refractivity (Wildman–Crippen MR) is 97.9 cm³/mol. The lowest BCUT2D eigenvalue weighted by Gasteiger charge is -2.17. The second-order valence-electron chi connectivity index (χ2n) is 7.36. The Morgan fingerprint density at radius 2 is 2.04 bits per heavy atom. The van der Waals surface area contributed by atoms with Gasteiger partial charge in [0.2, 0.25) is 5.91 Å². The third kappa shape index (κ3) is 4.02. The van der Waals surface area contributed by atoms with Crippen LogP contribution in [0.5, 0.6) is 0 Å². The summed E-state index contributed by atoms with van der Waals surface area (Å²) in [6.07, 6.45) is 0.863. The van der Waals surface area contributed by atoms with Crippen LogP contribution < -0.4 is 5.32 Å². The number of hydrogen-bond donors (Lipinski definition) is 1. The van der Waals surface area contributed by atoms with Crippen molar-refractivity contribution in [2.75, 3.05) is 6.54 Å². The smallest absolute Gasteiger partial charge is 0.240 e. The molecule has 1 saturated heterocycles. The fourth-order valence-corrected chi connectivity index (χ4v) is 3.76. The molecule has 1 N–H and O–H groups in total. The van der Waals surface area contributed by atoms with Crippen LogP contribution in [0.25, 0.3) is 0 Å². The number of rotatable bonds is 5. The van der Waals surface area contributed by atoms with E-state index in [2.05, 4.69) is 48.6 Å². The minimum absolute atomic E-state index is 0.0819. The number of aromatic nitrogens is 1. The zero-order chi connectivity index (χ0) is 17.2. The van der Waals surface area contributed by atoms with Crippen LogP contribution in [0.2, 0.25) is 0 Å². The molecule has 5 heteroatoms. The first-order valence-corrected chi connectivity index (χ1v) is 9.32. The number of likely N-dealkylation sites (tertiary alicyclic amines) is 1. The highest BCUT2D eigenvalue weighted by atomic mass is 32.1. The van der Waals surface area contributed by atoms with Crippen molar-refractivity contribution in [2.24, 2.45) is 0 Å². The van der Waals surface area contributed by atoms with Crippen LogP contribution in [0.3, 0.4) is 0 Å². The summed E-state index contributed by atoms with van der Waals surface area (Å²) in [6, 6.07) is 10.1. The lowest BCUT2D eigenvalue weighted by molar-refractivity contribution is -0.129. The molecule has 1 aromatic heterocycles. The normalized spacial score (nSPS) is 18.4. The van der Waals surface area contributed by atoms with Crippen molar-refractivity contribution in [3.63, 3.8) is 0 Å². The monoisotopic (exact) mass is 343 g/mol. The number of carbonyl (C=O) groups is 1. The maximum atomic E-state index is 12.5. The average molecular weight is 343 g/mol. The molecule has 3 rings (SSSR count). The van der Waals surface area contributed by atoms with Gasteiger partial charge in [-0.2, -0.15) is 0 Å². The summed E-state index contributed by atoms with van der Waals surface area (Å²) in [5, 5.41) is 6.61. The van der Waals surface area contributed by atoms with Gasteiger partial charge in [0, 0.05) is 30.4 Å². The predicted octanol–water partition coefficient (Wildman–Crippen LogP) is 3.33. The van der Waals surface area contributed by atoms with Gasteiger partial charge in [-0.1, -0.05) is 51.1 Å². The maximum absolute atomic E-state index is 12.5. The molecule has 2 aromatic rings. The fourth-order valence-electron chi connectivity index (χ4n) is 2.85. The second-order valence-corrected chi connectivity index (χ2v) is 8.22. The highest BCUT2D eigenvalue weighted by Gasteiger charge is 2.31. The molecule has 0 aliphatic carbocycles. The summed E-state index contributed by atoms with van der Waals surface area (Å²) in [7, 11) is 0. The van der Waals surface area contributed by atoms with Crippen molar-refractivity contribution in [1.29, 1.82) is 0 Å². The summed E-state index contributed by atoms with van der Waals surface area (Å²) >= 11 is 1.70. The van der Waals surface area contributed by atoms with Crippen LogP contribution in [-0.2, 0) is 23.3 Å². The Morgan fingerprint density at radius 1 is 1.29 bits per heavy atom. The third-order valence-corrected chi connectivity index (χ3v) is 5.55. The Balaban J connectivity index is 1.53. The lowest BCUT2D eigenvalue weighted by atomic mass is 9.98. The largest absolute Gasteiger partial charge is 0.337 e. The summed E-state index contributed by atoms with van der Waals surface area (Å²) in [6.45, 7) is 8.68. The van der Waals surface area contributed by atoms with Gasteiger partial charge in [0.05, 0.1) is 16.7 Å². The SMILES string of the molecule is CC(C)(C)c1nc(CNC2CCN(Cc3ccccc3)C2=O)cs1. The molecule has 0 bridgehead atoms. The highest BCUT2D eigenvalue weighted by molar-refractivity contribution is 7.09. The molecule has 24 heavy (non-hydrogen) atoms. The molecule has 4 nitrogen and oxygen atoms in total.